The first-order valence-corrected chi connectivity index (χ1v) is 29.8. The Kier molecular flexibility index (Phi) is 13.1. The van der Waals surface area contributed by atoms with E-state index in [4.69, 9.17) is 6.58 Å². The average Bonchev–Trinajstić information content (AvgIpc) is 2.07. The SMILES string of the molecule is C=C(/C=C/C=C1/N(C)c2c(ccc3ccccc23)C1(C)C)C(C)(Cc1ccccc1)c1c(C)cc(Cc2cc3c(c4ccccc24)C(C)(Cc2ccccc2)C(=CC=CC2=[N+](C)c4c(ccc5ccccc45)C2(C)C)N3C)c2ccccc12. The smallest absolute Gasteiger partial charge is 0.217 e. The highest BCUT2D eigenvalue weighted by molar-refractivity contribution is 6.07. The van der Waals surface area contributed by atoms with Crippen LogP contribution in [0.3, 0.4) is 0 Å². The van der Waals surface area contributed by atoms with Gasteiger partial charge in [-0.25, -0.2) is 0 Å². The van der Waals surface area contributed by atoms with Crippen molar-refractivity contribution in [1.82, 2.24) is 0 Å². The number of nitrogens with zero attached hydrogens (tertiary/aromatic N) is 3. The van der Waals surface area contributed by atoms with Gasteiger partial charge in [0.05, 0.1) is 16.5 Å². The summed E-state index contributed by atoms with van der Waals surface area (Å²) in [6.07, 6.45) is 16.4. The molecule has 3 heterocycles. The lowest BCUT2D eigenvalue weighted by Gasteiger charge is -2.35. The number of hydrogen-bond donors (Lipinski definition) is 0. The molecule has 3 aliphatic rings. The van der Waals surface area contributed by atoms with E-state index in [1.54, 1.807) is 0 Å². The fraction of sp³-hybridized carbons (Fsp3) is 0.212. The second kappa shape index (κ2) is 20.3. The molecule has 3 nitrogen and oxygen atoms in total. The third-order valence-electron chi connectivity index (χ3n) is 19.6. The third-order valence-corrected chi connectivity index (χ3v) is 19.6. The summed E-state index contributed by atoms with van der Waals surface area (Å²) in [5.74, 6) is 0. The van der Waals surface area contributed by atoms with Gasteiger partial charge in [-0.1, -0.05) is 228 Å². The quantitative estimate of drug-likeness (QED) is 0.0891. The molecular weight excluding hydrogens is 1000 g/mol. The second-order valence-electron chi connectivity index (χ2n) is 25.4. The summed E-state index contributed by atoms with van der Waals surface area (Å²) in [5, 5.41) is 10.3. The fourth-order valence-corrected chi connectivity index (χ4v) is 15.5. The van der Waals surface area contributed by atoms with Crippen molar-refractivity contribution in [1.29, 1.82) is 0 Å². The number of benzene rings is 10. The van der Waals surface area contributed by atoms with Crippen molar-refractivity contribution >= 4 is 65.9 Å². The molecule has 0 saturated carbocycles. The molecule has 0 amide bonds. The Morgan fingerprint density at radius 1 is 0.554 bits per heavy atom. The van der Waals surface area contributed by atoms with Crippen molar-refractivity contribution in [3.05, 3.63) is 304 Å². The highest BCUT2D eigenvalue weighted by atomic mass is 15.2. The molecule has 0 aromatic heterocycles. The number of rotatable bonds is 12. The van der Waals surface area contributed by atoms with Crippen molar-refractivity contribution in [2.75, 3.05) is 30.9 Å². The highest BCUT2D eigenvalue weighted by Crippen LogP contribution is 2.54. The Morgan fingerprint density at radius 3 is 1.78 bits per heavy atom. The summed E-state index contributed by atoms with van der Waals surface area (Å²) in [5.41, 5.74) is 19.8. The fourth-order valence-electron chi connectivity index (χ4n) is 15.5. The summed E-state index contributed by atoms with van der Waals surface area (Å²) in [6.45, 7) is 21.7. The molecule has 0 fully saturated rings. The van der Waals surface area contributed by atoms with Gasteiger partial charge in [0.15, 0.2) is 5.71 Å². The molecule has 0 aliphatic carbocycles. The van der Waals surface area contributed by atoms with Crippen LogP contribution in [0.4, 0.5) is 17.1 Å². The molecule has 2 unspecified atom stereocenters. The monoisotopic (exact) mass is 1080 g/mol. The number of fused-ring (bicyclic) bond motifs is 10. The molecule has 410 valence electrons. The van der Waals surface area contributed by atoms with Crippen LogP contribution in [0.25, 0.3) is 43.1 Å². The molecule has 3 heteroatoms. The maximum atomic E-state index is 4.98. The van der Waals surface area contributed by atoms with E-state index in [1.165, 1.54) is 127 Å². The Labute approximate surface area is 492 Å². The van der Waals surface area contributed by atoms with E-state index in [2.05, 4.69) is 315 Å². The molecule has 0 radical (unpaired) electrons. The van der Waals surface area contributed by atoms with Gasteiger partial charge in [-0.3, -0.25) is 0 Å². The van der Waals surface area contributed by atoms with Crippen LogP contribution in [0.2, 0.25) is 0 Å². The molecule has 10 aromatic carbocycles. The molecule has 3 aliphatic heterocycles. The molecule has 2 atom stereocenters. The predicted molar refractivity (Wildman–Crippen MR) is 356 cm³/mol. The van der Waals surface area contributed by atoms with Gasteiger partial charge in [0.25, 0.3) is 0 Å². The lowest BCUT2D eigenvalue weighted by atomic mass is 9.68. The summed E-state index contributed by atoms with van der Waals surface area (Å²) in [7, 11) is 6.76. The molecule has 0 saturated heterocycles. The first kappa shape index (κ1) is 53.5. The van der Waals surface area contributed by atoms with Gasteiger partial charge >= 0.3 is 0 Å². The minimum absolute atomic E-state index is 0.162. The van der Waals surface area contributed by atoms with E-state index >= 15 is 0 Å². The van der Waals surface area contributed by atoms with Crippen molar-refractivity contribution in [3.63, 3.8) is 0 Å². The Balaban J connectivity index is 0.890. The van der Waals surface area contributed by atoms with Crippen LogP contribution < -0.4 is 9.80 Å². The van der Waals surface area contributed by atoms with E-state index in [1.807, 2.05) is 0 Å². The zero-order valence-corrected chi connectivity index (χ0v) is 50.1. The molecule has 10 aromatic rings. The van der Waals surface area contributed by atoms with Crippen LogP contribution >= 0.6 is 0 Å². The van der Waals surface area contributed by atoms with Crippen molar-refractivity contribution in [2.45, 2.75) is 89.4 Å². The molecule has 0 N–H and O–H groups in total. The topological polar surface area (TPSA) is 9.49 Å². The summed E-state index contributed by atoms with van der Waals surface area (Å²) >= 11 is 0. The Morgan fingerprint density at radius 2 is 1.10 bits per heavy atom. The normalized spacial score (nSPS) is 18.9. The predicted octanol–water partition coefficient (Wildman–Crippen LogP) is 19.2. The van der Waals surface area contributed by atoms with Gasteiger partial charge in [-0.2, -0.15) is 4.58 Å². The van der Waals surface area contributed by atoms with Crippen LogP contribution in [0.5, 0.6) is 0 Å². The lowest BCUT2D eigenvalue weighted by molar-refractivity contribution is -0.399. The summed E-state index contributed by atoms with van der Waals surface area (Å²) < 4.78 is 2.42. The Bertz CT molecular complexity index is 4450. The van der Waals surface area contributed by atoms with E-state index in [9.17, 15) is 0 Å². The first-order chi connectivity index (χ1) is 40.0. The van der Waals surface area contributed by atoms with Gasteiger partial charge in [0.1, 0.15) is 7.05 Å². The molecule has 13 rings (SSSR count). The number of aryl methyl sites for hydroxylation is 1. The maximum absolute atomic E-state index is 4.98. The van der Waals surface area contributed by atoms with Gasteiger partial charge in [0, 0.05) is 64.4 Å². The van der Waals surface area contributed by atoms with E-state index in [0.29, 0.717) is 0 Å². The largest absolute Gasteiger partial charge is 0.347 e. The van der Waals surface area contributed by atoms with E-state index in [-0.39, 0.29) is 16.2 Å². The molecular formula is C80H76N3+. The van der Waals surface area contributed by atoms with Crippen LogP contribution in [-0.4, -0.2) is 31.4 Å². The van der Waals surface area contributed by atoms with Crippen LogP contribution in [0, 0.1) is 6.92 Å². The lowest BCUT2D eigenvalue weighted by Crippen LogP contribution is -2.29. The van der Waals surface area contributed by atoms with E-state index in [0.717, 1.165) is 24.8 Å². The Hall–Kier alpha value is -8.79. The molecule has 83 heavy (non-hydrogen) atoms. The van der Waals surface area contributed by atoms with Crippen molar-refractivity contribution in [2.24, 2.45) is 0 Å². The highest BCUT2D eigenvalue weighted by Gasteiger charge is 2.46. The van der Waals surface area contributed by atoms with Crippen LogP contribution in [0.1, 0.15) is 91.6 Å². The number of allylic oxidation sites excluding steroid dienone is 9. The van der Waals surface area contributed by atoms with Crippen molar-refractivity contribution in [3.8, 4) is 0 Å². The van der Waals surface area contributed by atoms with E-state index < -0.39 is 5.41 Å². The van der Waals surface area contributed by atoms with Gasteiger partial charge < -0.3 is 9.80 Å². The van der Waals surface area contributed by atoms with Gasteiger partial charge in [-0.15, -0.1) is 0 Å². The number of likely N-dealkylation sites (N-methyl/N-ethyl adjacent to an activating group) is 2. The zero-order valence-electron chi connectivity index (χ0n) is 50.1. The minimum atomic E-state index is -0.433. The number of anilines is 2. The standard InChI is InChI=1S/C80H76N3/c1-53-48-59(61-35-22-24-39-65(61)73(53)79(7,51-55-29-14-12-15-30-55)54(2)28-26-41-70-77(3,4)67-46-44-57-33-18-20-37-63(57)75(67)82(70)10)49-60-50-69-74(66-40-25-23-36-62(60)66)80(8,52-56-31-16-13-17-32-56)72(81(69)9)43-27-42-71-78(5,6)68-47-45-58-34-19-21-38-64(58)76(68)83(71)11/h12-48,50H,2,49,51-52H2,1,3-11H3/q+1/b28-26+,70-41+. The summed E-state index contributed by atoms with van der Waals surface area (Å²) in [6, 6.07) is 72.2. The van der Waals surface area contributed by atoms with Crippen molar-refractivity contribution < 1.29 is 4.58 Å². The maximum Gasteiger partial charge on any atom is 0.217 e. The molecule has 0 bridgehead atoms. The van der Waals surface area contributed by atoms with Crippen LogP contribution in [0.15, 0.2) is 254 Å². The minimum Gasteiger partial charge on any atom is -0.347 e. The van der Waals surface area contributed by atoms with Gasteiger partial charge in [-0.05, 0) is 154 Å². The zero-order chi connectivity index (χ0) is 57.6. The second-order valence-corrected chi connectivity index (χ2v) is 25.4. The number of hydrogen-bond acceptors (Lipinski definition) is 2. The average molecular weight is 1080 g/mol. The molecule has 0 spiro atoms. The third kappa shape index (κ3) is 8.65. The van der Waals surface area contributed by atoms with Gasteiger partial charge in [0.2, 0.25) is 5.69 Å². The summed E-state index contributed by atoms with van der Waals surface area (Å²) in [4.78, 5) is 4.90. The van der Waals surface area contributed by atoms with Crippen LogP contribution in [-0.2, 0) is 40.9 Å². The first-order valence-electron chi connectivity index (χ1n) is 29.8.